The van der Waals surface area contributed by atoms with Gasteiger partial charge in [0, 0.05) is 21.9 Å². The van der Waals surface area contributed by atoms with Crippen molar-refractivity contribution in [1.82, 2.24) is 0 Å². The zero-order valence-electron chi connectivity index (χ0n) is 17.5. The predicted octanol–water partition coefficient (Wildman–Crippen LogP) is 9.25. The Morgan fingerprint density at radius 2 is 1.07 bits per heavy atom. The van der Waals surface area contributed by atoms with Gasteiger partial charge in [-0.2, -0.15) is 0 Å². The molecule has 0 N–H and O–H groups in total. The Kier molecular flexibility index (Phi) is 6.52. The molecule has 0 heterocycles. The molecule has 152 valence electrons. The van der Waals surface area contributed by atoms with Gasteiger partial charge >= 0.3 is 0 Å². The molecule has 2 aromatic rings. The Morgan fingerprint density at radius 1 is 0.655 bits per heavy atom. The molecule has 0 spiro atoms. The van der Waals surface area contributed by atoms with Gasteiger partial charge in [-0.05, 0) is 65.5 Å². The van der Waals surface area contributed by atoms with E-state index in [1.54, 1.807) is 0 Å². The first-order valence-electron chi connectivity index (χ1n) is 11.1. The van der Waals surface area contributed by atoms with Crippen molar-refractivity contribution in [3.05, 3.63) is 80.8 Å². The minimum absolute atomic E-state index is 0.247. The van der Waals surface area contributed by atoms with E-state index in [-0.39, 0.29) is 11.8 Å². The van der Waals surface area contributed by atoms with Crippen molar-refractivity contribution >= 4 is 34.3 Å². The Hall–Kier alpha value is -1.50. The molecular weight excluding hydrogens is 395 g/mol. The number of hydrogen-bond donors (Lipinski definition) is 0. The number of benzene rings is 2. The summed E-state index contributed by atoms with van der Waals surface area (Å²) < 4.78 is 0. The van der Waals surface area contributed by atoms with Crippen molar-refractivity contribution in [3.8, 4) is 0 Å². The lowest BCUT2D eigenvalue weighted by Gasteiger charge is -2.20. The Morgan fingerprint density at radius 3 is 1.48 bits per heavy atom. The van der Waals surface area contributed by atoms with E-state index in [1.807, 2.05) is 0 Å². The van der Waals surface area contributed by atoms with Crippen LogP contribution in [-0.2, 0) is 0 Å². The molecule has 0 aromatic heterocycles. The van der Waals surface area contributed by atoms with E-state index in [1.165, 1.54) is 59.1 Å². The summed E-state index contributed by atoms with van der Waals surface area (Å²) in [6.45, 7) is 4.48. The van der Waals surface area contributed by atoms with Crippen LogP contribution in [0.4, 0.5) is 0 Å². The van der Waals surface area contributed by atoms with Crippen molar-refractivity contribution in [2.24, 2.45) is 0 Å². The third-order valence-electron chi connectivity index (χ3n) is 6.54. The molecule has 0 saturated carbocycles. The first-order chi connectivity index (χ1) is 14.2. The van der Waals surface area contributed by atoms with Gasteiger partial charge < -0.3 is 0 Å². The number of rotatable bonds is 8. The lowest BCUT2D eigenvalue weighted by Crippen LogP contribution is -2.04. The number of allylic oxidation sites excluding steroid dienone is 4. The van der Waals surface area contributed by atoms with E-state index in [0.717, 1.165) is 29.3 Å². The Labute approximate surface area is 185 Å². The summed E-state index contributed by atoms with van der Waals surface area (Å²) in [6.07, 6.45) is 7.82. The fourth-order valence-electron chi connectivity index (χ4n) is 5.01. The monoisotopic (exact) mass is 424 g/mol. The van der Waals surface area contributed by atoms with Gasteiger partial charge in [-0.25, -0.2) is 0 Å². The lowest BCUT2D eigenvalue weighted by atomic mass is 9.87. The summed E-state index contributed by atoms with van der Waals surface area (Å²) in [4.78, 5) is 0. The second kappa shape index (κ2) is 9.11. The first kappa shape index (κ1) is 20.8. The highest BCUT2D eigenvalue weighted by Crippen LogP contribution is 2.54. The maximum absolute atomic E-state index is 7.04. The molecular formula is C27H30Cl2. The van der Waals surface area contributed by atoms with Gasteiger partial charge in [0.1, 0.15) is 0 Å². The van der Waals surface area contributed by atoms with Gasteiger partial charge in [0.25, 0.3) is 0 Å². The molecule has 2 unspecified atom stereocenters. The van der Waals surface area contributed by atoms with Crippen molar-refractivity contribution < 1.29 is 0 Å². The van der Waals surface area contributed by atoms with Crippen molar-refractivity contribution in [2.45, 2.75) is 70.6 Å². The second-order valence-corrected chi connectivity index (χ2v) is 9.19. The van der Waals surface area contributed by atoms with Crippen molar-refractivity contribution in [2.75, 3.05) is 0 Å². The van der Waals surface area contributed by atoms with Crippen LogP contribution in [0.3, 0.4) is 0 Å². The first-order valence-corrected chi connectivity index (χ1v) is 11.9. The maximum Gasteiger partial charge on any atom is 0.0294 e. The third kappa shape index (κ3) is 3.82. The summed E-state index contributed by atoms with van der Waals surface area (Å²) in [6, 6.07) is 17.6. The average molecular weight is 425 g/mol. The molecule has 0 saturated heterocycles. The van der Waals surface area contributed by atoms with Crippen LogP contribution < -0.4 is 0 Å². The normalized spacial score (nSPS) is 20.4. The van der Waals surface area contributed by atoms with Crippen LogP contribution in [0.1, 0.15) is 92.9 Å². The topological polar surface area (TPSA) is 0 Å². The highest BCUT2D eigenvalue weighted by atomic mass is 35.5. The van der Waals surface area contributed by atoms with Crippen LogP contribution in [0.5, 0.6) is 0 Å². The molecule has 0 nitrogen and oxygen atoms in total. The fourth-order valence-corrected chi connectivity index (χ4v) is 5.82. The van der Waals surface area contributed by atoms with Crippen LogP contribution in [0.15, 0.2) is 58.6 Å². The van der Waals surface area contributed by atoms with Gasteiger partial charge in [0.05, 0.1) is 0 Å². The van der Waals surface area contributed by atoms with Crippen LogP contribution in [0.25, 0.3) is 11.1 Å². The molecule has 2 heteroatoms. The average Bonchev–Trinajstić information content (AvgIpc) is 3.17. The van der Waals surface area contributed by atoms with Crippen molar-refractivity contribution in [1.29, 1.82) is 0 Å². The zero-order chi connectivity index (χ0) is 20.4. The van der Waals surface area contributed by atoms with Crippen LogP contribution in [0, 0.1) is 0 Å². The van der Waals surface area contributed by atoms with E-state index in [2.05, 4.69) is 62.4 Å². The zero-order valence-corrected chi connectivity index (χ0v) is 19.0. The van der Waals surface area contributed by atoms with Crippen LogP contribution in [0.2, 0.25) is 0 Å². The van der Waals surface area contributed by atoms with E-state index in [9.17, 15) is 0 Å². The molecule has 0 amide bonds. The van der Waals surface area contributed by atoms with Crippen LogP contribution in [-0.4, -0.2) is 0 Å². The quantitative estimate of drug-likeness (QED) is 0.395. The molecule has 2 atom stereocenters. The summed E-state index contributed by atoms with van der Waals surface area (Å²) in [5.74, 6) is 0.495. The van der Waals surface area contributed by atoms with Gasteiger partial charge in [-0.15, -0.1) is 0 Å². The van der Waals surface area contributed by atoms with E-state index in [0.29, 0.717) is 0 Å². The second-order valence-electron chi connectivity index (χ2n) is 8.38. The Balaban J connectivity index is 1.70. The Bertz CT molecular complexity index is 873. The molecule has 29 heavy (non-hydrogen) atoms. The summed E-state index contributed by atoms with van der Waals surface area (Å²) in [5.41, 5.74) is 8.18. The maximum atomic E-state index is 7.04. The minimum atomic E-state index is 0.247. The molecule has 2 aliphatic rings. The summed E-state index contributed by atoms with van der Waals surface area (Å²) >= 11 is 14.1. The number of halogens is 2. The molecule has 0 aliphatic heterocycles. The number of unbranched alkanes of at least 4 members (excludes halogenated alkanes) is 2. The smallest absolute Gasteiger partial charge is 0.0294 e. The van der Waals surface area contributed by atoms with Gasteiger partial charge in [0.2, 0.25) is 0 Å². The SMILES string of the molecule is CCCCC1=C(Cl)C(CC2C(Cl)=C(CCCC)c3ccccc32)c2ccccc21. The van der Waals surface area contributed by atoms with Gasteiger partial charge in [-0.3, -0.25) is 0 Å². The standard InChI is InChI=1S/C27H30Cl2/c1-3-5-11-22-18-13-7-9-15-20(18)24(26(22)28)17-25-21-16-10-8-14-19(21)23(27(25)29)12-6-4-2/h7-10,13-16,24-25H,3-6,11-12,17H2,1-2H3. The highest BCUT2D eigenvalue weighted by molar-refractivity contribution is 6.35. The largest absolute Gasteiger partial charge is 0.0882 e. The molecule has 0 fully saturated rings. The molecule has 2 aliphatic carbocycles. The molecule has 2 aromatic carbocycles. The minimum Gasteiger partial charge on any atom is -0.0882 e. The van der Waals surface area contributed by atoms with E-state index >= 15 is 0 Å². The summed E-state index contributed by atoms with van der Waals surface area (Å²) in [7, 11) is 0. The summed E-state index contributed by atoms with van der Waals surface area (Å²) in [5, 5.41) is 2.09. The highest BCUT2D eigenvalue weighted by Gasteiger charge is 2.36. The third-order valence-corrected chi connectivity index (χ3v) is 7.53. The fraction of sp³-hybridized carbons (Fsp3) is 0.407. The lowest BCUT2D eigenvalue weighted by molar-refractivity contribution is 0.671. The van der Waals surface area contributed by atoms with Crippen molar-refractivity contribution in [3.63, 3.8) is 0 Å². The molecule has 0 bridgehead atoms. The van der Waals surface area contributed by atoms with Gasteiger partial charge in [0.15, 0.2) is 0 Å². The molecule has 4 rings (SSSR count). The van der Waals surface area contributed by atoms with E-state index < -0.39 is 0 Å². The molecule has 0 radical (unpaired) electrons. The van der Waals surface area contributed by atoms with E-state index in [4.69, 9.17) is 23.2 Å². The number of hydrogen-bond acceptors (Lipinski definition) is 0. The number of fused-ring (bicyclic) bond motifs is 2. The van der Waals surface area contributed by atoms with Crippen LogP contribution >= 0.6 is 23.2 Å². The predicted molar refractivity (Wildman–Crippen MR) is 128 cm³/mol. The van der Waals surface area contributed by atoms with Gasteiger partial charge in [-0.1, -0.05) is 98.4 Å².